The van der Waals surface area contributed by atoms with E-state index in [4.69, 9.17) is 0 Å². The van der Waals surface area contributed by atoms with E-state index >= 15 is 0 Å². The summed E-state index contributed by atoms with van der Waals surface area (Å²) in [6.07, 6.45) is 1.58. The molecule has 0 fully saturated rings. The molecule has 0 aliphatic carbocycles. The summed E-state index contributed by atoms with van der Waals surface area (Å²) in [5, 5.41) is 35.7. The van der Waals surface area contributed by atoms with Crippen molar-refractivity contribution in [2.75, 3.05) is 5.32 Å². The van der Waals surface area contributed by atoms with Crippen LogP contribution in [-0.4, -0.2) is 34.6 Å². The van der Waals surface area contributed by atoms with Gasteiger partial charge in [0.1, 0.15) is 0 Å². The van der Waals surface area contributed by atoms with Gasteiger partial charge in [0.15, 0.2) is 16.5 Å². The topological polar surface area (TPSA) is 137 Å². The number of pyridine rings is 1. The number of aromatic nitrogens is 1. The number of carbonyl (C=O) groups is 1. The summed E-state index contributed by atoms with van der Waals surface area (Å²) in [6.45, 7) is 0. The van der Waals surface area contributed by atoms with Crippen molar-refractivity contribution in [3.05, 3.63) is 114 Å². The van der Waals surface area contributed by atoms with E-state index in [1.54, 1.807) is 12.1 Å². The lowest BCUT2D eigenvalue weighted by Gasteiger charge is -2.14. The number of benzene rings is 4. The van der Waals surface area contributed by atoms with E-state index in [1.807, 2.05) is 42.5 Å². The van der Waals surface area contributed by atoms with E-state index in [0.29, 0.717) is 0 Å². The minimum absolute atomic E-state index is 0.00306. The van der Waals surface area contributed by atoms with Gasteiger partial charge in [-0.1, -0.05) is 48.5 Å². The third-order valence-corrected chi connectivity index (χ3v) is 7.85. The number of phenolic OH excluding ortho intramolecular Hbond substituents is 3. The number of fused-ring (bicyclic) bond motifs is 1. The number of amides is 1. The highest BCUT2D eigenvalue weighted by atomic mass is 32.2. The monoisotopic (exact) mass is 526 g/mol. The lowest BCUT2D eigenvalue weighted by Crippen LogP contribution is -2.13. The lowest BCUT2D eigenvalue weighted by atomic mass is 9.96. The Kier molecular flexibility index (Phi) is 6.44. The van der Waals surface area contributed by atoms with Crippen molar-refractivity contribution in [1.29, 1.82) is 0 Å². The summed E-state index contributed by atoms with van der Waals surface area (Å²) in [5.41, 5.74) is 1.12. The lowest BCUT2D eigenvalue weighted by molar-refractivity contribution is 0.102. The molecule has 0 bridgehead atoms. The number of sulfone groups is 1. The van der Waals surface area contributed by atoms with Crippen LogP contribution in [0.15, 0.2) is 107 Å². The smallest absolute Gasteiger partial charge is 0.259 e. The minimum Gasteiger partial charge on any atom is -0.504 e. The Morgan fingerprint density at radius 2 is 1.47 bits per heavy atom. The molecule has 0 unspecified atom stereocenters. The third-order valence-electron chi connectivity index (χ3n) is 6.17. The van der Waals surface area contributed by atoms with Crippen LogP contribution in [-0.2, 0) is 16.3 Å². The molecule has 4 aromatic carbocycles. The predicted molar refractivity (Wildman–Crippen MR) is 142 cm³/mol. The van der Waals surface area contributed by atoms with Crippen LogP contribution in [0.1, 0.15) is 21.5 Å². The van der Waals surface area contributed by atoms with Crippen molar-refractivity contribution in [3.63, 3.8) is 0 Å². The van der Waals surface area contributed by atoms with Gasteiger partial charge in [-0.2, -0.15) is 0 Å². The van der Waals surface area contributed by atoms with E-state index in [1.165, 1.54) is 42.6 Å². The number of hydrogen-bond acceptors (Lipinski definition) is 7. The van der Waals surface area contributed by atoms with Gasteiger partial charge in [-0.15, -0.1) is 0 Å². The molecule has 1 aromatic heterocycles. The van der Waals surface area contributed by atoms with Gasteiger partial charge >= 0.3 is 0 Å². The van der Waals surface area contributed by atoms with Crippen molar-refractivity contribution in [1.82, 2.24) is 4.98 Å². The molecule has 0 aliphatic rings. The zero-order valence-electron chi connectivity index (χ0n) is 19.9. The summed E-state index contributed by atoms with van der Waals surface area (Å²) in [7, 11) is -3.83. The Labute approximate surface area is 218 Å². The summed E-state index contributed by atoms with van der Waals surface area (Å²) >= 11 is 0. The van der Waals surface area contributed by atoms with Gasteiger partial charge in [0, 0.05) is 23.9 Å². The van der Waals surface area contributed by atoms with Gasteiger partial charge in [0.25, 0.3) is 5.91 Å². The Balaban J connectivity index is 1.42. The van der Waals surface area contributed by atoms with Gasteiger partial charge in [-0.3, -0.25) is 4.79 Å². The second-order valence-electron chi connectivity index (χ2n) is 8.59. The molecule has 0 aliphatic heterocycles. The summed E-state index contributed by atoms with van der Waals surface area (Å²) in [4.78, 5) is 16.9. The largest absolute Gasteiger partial charge is 0.504 e. The quantitative estimate of drug-likeness (QED) is 0.228. The zero-order valence-corrected chi connectivity index (χ0v) is 20.7. The fraction of sp³-hybridized carbons (Fsp3) is 0.0345. The molecule has 0 spiro atoms. The van der Waals surface area contributed by atoms with Gasteiger partial charge in [-0.25, -0.2) is 13.4 Å². The average molecular weight is 527 g/mol. The second kappa shape index (κ2) is 9.87. The molecule has 0 atom stereocenters. The number of aromatic hydroxyl groups is 3. The van der Waals surface area contributed by atoms with Crippen LogP contribution in [0.3, 0.4) is 0 Å². The first-order chi connectivity index (χ1) is 18.3. The van der Waals surface area contributed by atoms with Crippen LogP contribution in [0, 0.1) is 0 Å². The van der Waals surface area contributed by atoms with E-state index in [9.17, 15) is 28.5 Å². The van der Waals surface area contributed by atoms with Gasteiger partial charge in [-0.05, 0) is 58.8 Å². The van der Waals surface area contributed by atoms with Gasteiger partial charge in [0.05, 0.1) is 10.5 Å². The summed E-state index contributed by atoms with van der Waals surface area (Å²) in [5.74, 6) is -2.84. The summed E-state index contributed by atoms with van der Waals surface area (Å²) in [6, 6.07) is 24.8. The average Bonchev–Trinajstić information content (AvgIpc) is 2.94. The molecule has 1 heterocycles. The molecule has 5 aromatic rings. The second-order valence-corrected chi connectivity index (χ2v) is 10.5. The maximum atomic E-state index is 13.0. The van der Waals surface area contributed by atoms with Crippen LogP contribution in [0.25, 0.3) is 10.8 Å². The van der Waals surface area contributed by atoms with Crippen molar-refractivity contribution >= 4 is 32.2 Å². The van der Waals surface area contributed by atoms with E-state index in [0.717, 1.165) is 16.3 Å². The van der Waals surface area contributed by atoms with E-state index in [2.05, 4.69) is 10.3 Å². The Hall–Kier alpha value is -4.89. The summed E-state index contributed by atoms with van der Waals surface area (Å²) < 4.78 is 25.5. The van der Waals surface area contributed by atoms with Crippen molar-refractivity contribution in [2.24, 2.45) is 0 Å². The Morgan fingerprint density at radius 1 is 0.763 bits per heavy atom. The number of nitrogens with one attached hydrogen (secondary N) is 1. The molecular weight excluding hydrogens is 504 g/mol. The first-order valence-corrected chi connectivity index (χ1v) is 13.0. The number of nitrogens with zero attached hydrogens (tertiary/aromatic N) is 1. The van der Waals surface area contributed by atoms with Gasteiger partial charge < -0.3 is 20.6 Å². The highest BCUT2D eigenvalue weighted by Gasteiger charge is 2.23. The van der Waals surface area contributed by atoms with Crippen LogP contribution in [0.2, 0.25) is 0 Å². The van der Waals surface area contributed by atoms with Crippen molar-refractivity contribution in [3.8, 4) is 17.2 Å². The van der Waals surface area contributed by atoms with Crippen LogP contribution < -0.4 is 5.32 Å². The third kappa shape index (κ3) is 4.62. The number of anilines is 1. The molecule has 38 heavy (non-hydrogen) atoms. The normalized spacial score (nSPS) is 11.4. The van der Waals surface area contributed by atoms with Crippen LogP contribution in [0.4, 0.5) is 5.69 Å². The number of carbonyl (C=O) groups excluding carboxylic acids is 1. The first kappa shape index (κ1) is 24.8. The molecule has 1 amide bonds. The zero-order chi connectivity index (χ0) is 26.9. The maximum absolute atomic E-state index is 13.0. The fourth-order valence-electron chi connectivity index (χ4n) is 4.21. The highest BCUT2D eigenvalue weighted by Crippen LogP contribution is 2.42. The Bertz CT molecular complexity index is 1760. The molecule has 5 rings (SSSR count). The maximum Gasteiger partial charge on any atom is 0.259 e. The molecule has 4 N–H and O–H groups in total. The molecular formula is C29H22N2O6S. The molecule has 0 radical (unpaired) electrons. The standard InChI is InChI=1S/C29H22N2O6S/c32-26-20(16-19-8-5-7-18-6-1-2-9-23(18)19)17-24(27(33)28(26)34)29(35)31-21-11-13-22(14-12-21)38(36,37)25-10-3-4-15-30-25/h1-15,17,32-34H,16H2,(H,31,35). The number of phenols is 3. The number of hydrogen-bond donors (Lipinski definition) is 4. The first-order valence-electron chi connectivity index (χ1n) is 11.6. The molecule has 8 nitrogen and oxygen atoms in total. The Morgan fingerprint density at radius 3 is 2.21 bits per heavy atom. The predicted octanol–water partition coefficient (Wildman–Crippen LogP) is 5.03. The molecule has 0 saturated carbocycles. The van der Waals surface area contributed by atoms with Crippen molar-refractivity contribution < 1.29 is 28.5 Å². The molecule has 9 heteroatoms. The highest BCUT2D eigenvalue weighted by molar-refractivity contribution is 7.91. The SMILES string of the molecule is O=C(Nc1ccc(S(=O)(=O)c2ccccn2)cc1)c1cc(Cc2cccc3ccccc23)c(O)c(O)c1O. The number of rotatable bonds is 6. The van der Waals surface area contributed by atoms with E-state index < -0.39 is 33.0 Å². The molecule has 190 valence electrons. The van der Waals surface area contributed by atoms with Crippen LogP contribution >= 0.6 is 0 Å². The van der Waals surface area contributed by atoms with E-state index in [-0.39, 0.29) is 33.2 Å². The molecule has 0 saturated heterocycles. The van der Waals surface area contributed by atoms with Crippen LogP contribution in [0.5, 0.6) is 17.2 Å². The minimum atomic E-state index is -3.83. The van der Waals surface area contributed by atoms with Gasteiger partial charge in [0.2, 0.25) is 15.6 Å². The fourth-order valence-corrected chi connectivity index (χ4v) is 5.40. The van der Waals surface area contributed by atoms with Crippen molar-refractivity contribution in [2.45, 2.75) is 16.3 Å².